The second kappa shape index (κ2) is 10.1. The van der Waals surface area contributed by atoms with Crippen molar-refractivity contribution in [1.82, 2.24) is 20.2 Å². The largest absolute Gasteiger partial charge is 0.361 e. The van der Waals surface area contributed by atoms with Gasteiger partial charge >= 0.3 is 0 Å². The number of carbonyl (C=O) groups is 2. The molecule has 3 heterocycles. The van der Waals surface area contributed by atoms with Gasteiger partial charge in [-0.2, -0.15) is 0 Å². The predicted molar refractivity (Wildman–Crippen MR) is 149 cm³/mol. The molecule has 38 heavy (non-hydrogen) atoms. The predicted octanol–water partition coefficient (Wildman–Crippen LogP) is 5.28. The number of para-hydroxylation sites is 1. The van der Waals surface area contributed by atoms with Crippen LogP contribution in [-0.2, 0) is 16.6 Å². The van der Waals surface area contributed by atoms with Gasteiger partial charge in [0.1, 0.15) is 0 Å². The Morgan fingerprint density at radius 1 is 1.00 bits per heavy atom. The first-order valence-corrected chi connectivity index (χ1v) is 13.7. The lowest BCUT2D eigenvalue weighted by atomic mass is 9.88. The molecule has 0 bridgehead atoms. The molecule has 1 aliphatic carbocycles. The quantitative estimate of drug-likeness (QED) is 0.358. The minimum Gasteiger partial charge on any atom is -0.361 e. The number of fused-ring (bicyclic) bond motifs is 1. The summed E-state index contributed by atoms with van der Waals surface area (Å²) in [6.45, 7) is 3.94. The molecule has 2 amide bonds. The van der Waals surface area contributed by atoms with Gasteiger partial charge in [-0.3, -0.25) is 14.6 Å². The lowest BCUT2D eigenvalue weighted by Gasteiger charge is -2.35. The Morgan fingerprint density at radius 2 is 1.74 bits per heavy atom. The van der Waals surface area contributed by atoms with Gasteiger partial charge in [0.05, 0.1) is 16.7 Å². The fourth-order valence-electron chi connectivity index (χ4n) is 5.99. The van der Waals surface area contributed by atoms with E-state index in [2.05, 4.69) is 34.6 Å². The van der Waals surface area contributed by atoms with Gasteiger partial charge in [0, 0.05) is 48.3 Å². The summed E-state index contributed by atoms with van der Waals surface area (Å²) in [6, 6.07) is 22.2. The topological polar surface area (TPSA) is 78.1 Å². The van der Waals surface area contributed by atoms with Gasteiger partial charge in [-0.05, 0) is 68.4 Å². The highest BCUT2D eigenvalue weighted by atomic mass is 16.2. The Kier molecular flexibility index (Phi) is 6.48. The van der Waals surface area contributed by atoms with Crippen LogP contribution in [0.4, 0.5) is 0 Å². The van der Waals surface area contributed by atoms with E-state index in [0.717, 1.165) is 54.6 Å². The summed E-state index contributed by atoms with van der Waals surface area (Å²) in [6.07, 6.45) is 6.28. The van der Waals surface area contributed by atoms with Crippen LogP contribution in [0.5, 0.6) is 0 Å². The molecule has 0 radical (unpaired) electrons. The third-order valence-electron chi connectivity index (χ3n) is 8.32. The van der Waals surface area contributed by atoms with Crippen molar-refractivity contribution in [3.8, 4) is 0 Å². The van der Waals surface area contributed by atoms with Crippen LogP contribution in [0.3, 0.4) is 0 Å². The van der Waals surface area contributed by atoms with Crippen molar-refractivity contribution in [3.63, 3.8) is 0 Å². The third-order valence-corrected chi connectivity index (χ3v) is 8.32. The second-order valence-corrected chi connectivity index (χ2v) is 10.8. The Balaban J connectivity index is 1.10. The summed E-state index contributed by atoms with van der Waals surface area (Å²) in [5, 5.41) is 4.31. The molecule has 2 fully saturated rings. The monoisotopic (exact) mass is 506 g/mol. The van der Waals surface area contributed by atoms with Gasteiger partial charge in [-0.1, -0.05) is 48.5 Å². The van der Waals surface area contributed by atoms with Gasteiger partial charge in [0.25, 0.3) is 5.91 Å². The van der Waals surface area contributed by atoms with Gasteiger partial charge in [-0.25, -0.2) is 0 Å². The molecule has 194 valence electrons. The maximum Gasteiger partial charge on any atom is 0.253 e. The van der Waals surface area contributed by atoms with Crippen LogP contribution in [0.15, 0.2) is 72.9 Å². The zero-order chi connectivity index (χ0) is 26.1. The van der Waals surface area contributed by atoms with Crippen molar-refractivity contribution in [2.24, 2.45) is 0 Å². The maximum absolute atomic E-state index is 13.5. The number of benzene rings is 2. The number of aryl methyl sites for hydroxylation is 1. The summed E-state index contributed by atoms with van der Waals surface area (Å²) in [7, 11) is 0. The van der Waals surface area contributed by atoms with Crippen molar-refractivity contribution in [1.29, 1.82) is 0 Å². The molecule has 0 atom stereocenters. The Labute approximate surface area is 223 Å². The summed E-state index contributed by atoms with van der Waals surface area (Å²) < 4.78 is 0. The molecule has 4 aromatic rings. The van der Waals surface area contributed by atoms with Crippen LogP contribution < -0.4 is 5.32 Å². The SMILES string of the molecule is Cc1ccc(C(=O)NCCc2c[nH]c3ccccc23)c(C2CCN(C(=O)C3(c4ccccc4)CC3)CC2)n1. The number of H-pyrrole nitrogens is 1. The fourth-order valence-corrected chi connectivity index (χ4v) is 5.99. The highest BCUT2D eigenvalue weighted by Crippen LogP contribution is 2.50. The fraction of sp³-hybridized carbons (Fsp3) is 0.344. The van der Waals surface area contributed by atoms with E-state index in [-0.39, 0.29) is 23.1 Å². The number of piperidine rings is 1. The van der Waals surface area contributed by atoms with Gasteiger partial charge < -0.3 is 15.2 Å². The number of aromatic nitrogens is 2. The first-order valence-electron chi connectivity index (χ1n) is 13.7. The van der Waals surface area contributed by atoms with Gasteiger partial charge in [0.2, 0.25) is 5.91 Å². The summed E-state index contributed by atoms with van der Waals surface area (Å²) in [4.78, 5) is 36.9. The average Bonchev–Trinajstić information content (AvgIpc) is 3.68. The molecule has 1 saturated heterocycles. The Hall–Kier alpha value is -3.93. The number of aromatic amines is 1. The van der Waals surface area contributed by atoms with Gasteiger partial charge in [0.15, 0.2) is 0 Å². The molecule has 1 aliphatic heterocycles. The first-order chi connectivity index (χ1) is 18.5. The lowest BCUT2D eigenvalue weighted by Crippen LogP contribution is -2.44. The minimum absolute atomic E-state index is 0.0770. The van der Waals surface area contributed by atoms with Crippen molar-refractivity contribution in [2.75, 3.05) is 19.6 Å². The zero-order valence-electron chi connectivity index (χ0n) is 21.9. The van der Waals surface area contributed by atoms with Crippen LogP contribution >= 0.6 is 0 Å². The third kappa shape index (κ3) is 4.60. The number of pyridine rings is 1. The summed E-state index contributed by atoms with van der Waals surface area (Å²) >= 11 is 0. The number of hydrogen-bond donors (Lipinski definition) is 2. The van der Waals surface area contributed by atoms with E-state index in [1.807, 2.05) is 60.5 Å². The standard InChI is InChI=1S/C32H34N4O2/c1-22-11-12-27(30(37)33-18-13-24-21-34-28-10-6-5-9-26(24)28)29(35-22)23-14-19-36(20-15-23)31(38)32(16-17-32)25-7-3-2-4-8-25/h2-12,21,23,34H,13-20H2,1H3,(H,33,37). The second-order valence-electron chi connectivity index (χ2n) is 10.8. The molecule has 0 unspecified atom stereocenters. The minimum atomic E-state index is -0.328. The molecule has 2 aliphatic rings. The van der Waals surface area contributed by atoms with Gasteiger partial charge in [-0.15, -0.1) is 0 Å². The Bertz CT molecular complexity index is 1460. The summed E-state index contributed by atoms with van der Waals surface area (Å²) in [5.41, 5.74) is 5.55. The number of nitrogens with zero attached hydrogens (tertiary/aromatic N) is 2. The normalized spacial score (nSPS) is 16.9. The van der Waals surface area contributed by atoms with E-state index in [4.69, 9.17) is 4.98 Å². The van der Waals surface area contributed by atoms with E-state index in [1.54, 1.807) is 0 Å². The number of likely N-dealkylation sites (tertiary alicyclic amines) is 1. The van der Waals surface area contributed by atoms with E-state index in [1.165, 1.54) is 10.9 Å². The molecule has 6 nitrogen and oxygen atoms in total. The van der Waals surface area contributed by atoms with Crippen LogP contribution in [0.2, 0.25) is 0 Å². The van der Waals surface area contributed by atoms with E-state index in [0.29, 0.717) is 25.2 Å². The van der Waals surface area contributed by atoms with Crippen molar-refractivity contribution >= 4 is 22.7 Å². The smallest absolute Gasteiger partial charge is 0.253 e. The van der Waals surface area contributed by atoms with E-state index < -0.39 is 0 Å². The van der Waals surface area contributed by atoms with Crippen molar-refractivity contribution in [3.05, 3.63) is 101 Å². The number of amides is 2. The van der Waals surface area contributed by atoms with E-state index >= 15 is 0 Å². The Morgan fingerprint density at radius 3 is 2.50 bits per heavy atom. The van der Waals surface area contributed by atoms with Crippen LogP contribution in [0.25, 0.3) is 10.9 Å². The molecule has 6 rings (SSSR count). The average molecular weight is 507 g/mol. The molecule has 1 saturated carbocycles. The molecule has 0 spiro atoms. The van der Waals surface area contributed by atoms with Crippen LogP contribution in [-0.4, -0.2) is 46.3 Å². The summed E-state index contributed by atoms with van der Waals surface area (Å²) in [5.74, 6) is 0.349. The molecule has 2 N–H and O–H groups in total. The highest BCUT2D eigenvalue weighted by Gasteiger charge is 2.53. The number of nitrogens with one attached hydrogen (secondary N) is 2. The number of rotatable bonds is 7. The molecular weight excluding hydrogens is 472 g/mol. The van der Waals surface area contributed by atoms with Crippen LogP contribution in [0, 0.1) is 6.92 Å². The molecular formula is C32H34N4O2. The lowest BCUT2D eigenvalue weighted by molar-refractivity contribution is -0.135. The number of hydrogen-bond acceptors (Lipinski definition) is 3. The van der Waals surface area contributed by atoms with E-state index in [9.17, 15) is 9.59 Å². The van der Waals surface area contributed by atoms with Crippen LogP contribution in [0.1, 0.15) is 64.5 Å². The van der Waals surface area contributed by atoms with Crippen molar-refractivity contribution in [2.45, 2.75) is 50.4 Å². The number of carbonyl (C=O) groups excluding carboxylic acids is 2. The molecule has 2 aromatic heterocycles. The molecule has 2 aromatic carbocycles. The maximum atomic E-state index is 13.5. The zero-order valence-corrected chi connectivity index (χ0v) is 21.9. The van der Waals surface area contributed by atoms with Crippen molar-refractivity contribution < 1.29 is 9.59 Å². The molecule has 6 heteroatoms. The first kappa shape index (κ1) is 24.4. The highest BCUT2D eigenvalue weighted by molar-refractivity contribution is 5.95.